The van der Waals surface area contributed by atoms with E-state index < -0.39 is 15.8 Å². The maximum Gasteiger partial charge on any atom is 0.242 e. The molecule has 0 aromatic carbocycles. The fourth-order valence-corrected chi connectivity index (χ4v) is 2.06. The summed E-state index contributed by atoms with van der Waals surface area (Å²) in [7, 11) is -3.80. The molecule has 0 spiro atoms. The van der Waals surface area contributed by atoms with Gasteiger partial charge in [-0.05, 0) is 6.07 Å². The second-order valence-electron chi connectivity index (χ2n) is 3.10. The van der Waals surface area contributed by atoms with Crippen molar-refractivity contribution in [3.8, 4) is 0 Å². The lowest BCUT2D eigenvalue weighted by Crippen LogP contribution is -2.24. The van der Waals surface area contributed by atoms with Gasteiger partial charge in [0, 0.05) is 6.20 Å². The van der Waals surface area contributed by atoms with Crippen LogP contribution < -0.4 is 4.72 Å². The lowest BCUT2D eigenvalue weighted by Gasteiger charge is -2.04. The Morgan fingerprint density at radius 3 is 2.88 bits per heavy atom. The predicted octanol–water partition coefficient (Wildman–Crippen LogP) is -0.183. The summed E-state index contributed by atoms with van der Waals surface area (Å²) in [6, 6.07) is 0.885. The number of nitrogens with zero attached hydrogens (tertiary/aromatic N) is 3. The van der Waals surface area contributed by atoms with Crippen LogP contribution in [0.4, 0.5) is 4.39 Å². The quantitative estimate of drug-likeness (QED) is 0.791. The smallest absolute Gasteiger partial charge is 0.242 e. The first-order chi connectivity index (χ1) is 8.08. The van der Waals surface area contributed by atoms with Crippen LogP contribution in [-0.2, 0) is 16.6 Å². The van der Waals surface area contributed by atoms with Crippen LogP contribution in [0.25, 0.3) is 0 Å². The Bertz CT molecular complexity index is 598. The fourth-order valence-electron chi connectivity index (χ4n) is 1.10. The van der Waals surface area contributed by atoms with Crippen molar-refractivity contribution in [3.05, 3.63) is 36.4 Å². The molecule has 0 aliphatic heterocycles. The van der Waals surface area contributed by atoms with Gasteiger partial charge in [-0.1, -0.05) is 0 Å². The molecular weight excluding hydrogens is 249 g/mol. The van der Waals surface area contributed by atoms with Crippen molar-refractivity contribution in [3.63, 3.8) is 0 Å². The molecule has 2 aromatic rings. The number of nitrogens with one attached hydrogen (secondary N) is 2. The molecule has 0 aliphatic rings. The van der Waals surface area contributed by atoms with Crippen molar-refractivity contribution in [1.82, 2.24) is 24.9 Å². The van der Waals surface area contributed by atoms with Crippen LogP contribution in [0, 0.1) is 5.82 Å². The van der Waals surface area contributed by atoms with E-state index >= 15 is 0 Å². The molecule has 2 aromatic heterocycles. The molecule has 9 heteroatoms. The second kappa shape index (κ2) is 4.55. The molecule has 0 radical (unpaired) electrons. The Hall–Kier alpha value is -1.87. The Labute approximate surface area is 96.2 Å². The zero-order valence-electron chi connectivity index (χ0n) is 8.46. The number of H-pyrrole nitrogens is 1. The van der Waals surface area contributed by atoms with Gasteiger partial charge in [-0.15, -0.1) is 0 Å². The predicted molar refractivity (Wildman–Crippen MR) is 54.6 cm³/mol. The summed E-state index contributed by atoms with van der Waals surface area (Å²) >= 11 is 0. The zero-order valence-corrected chi connectivity index (χ0v) is 9.28. The van der Waals surface area contributed by atoms with Crippen LogP contribution in [0.3, 0.4) is 0 Å². The van der Waals surface area contributed by atoms with Crippen molar-refractivity contribution in [1.29, 1.82) is 0 Å². The Morgan fingerprint density at radius 1 is 1.41 bits per heavy atom. The average Bonchev–Trinajstić information content (AvgIpc) is 2.79. The van der Waals surface area contributed by atoms with Crippen molar-refractivity contribution in [2.45, 2.75) is 11.4 Å². The average molecular weight is 257 g/mol. The van der Waals surface area contributed by atoms with E-state index in [1.807, 2.05) is 0 Å². The summed E-state index contributed by atoms with van der Waals surface area (Å²) in [6.45, 7) is -0.0567. The third-order valence-corrected chi connectivity index (χ3v) is 3.25. The van der Waals surface area contributed by atoms with Crippen LogP contribution in [0.15, 0.2) is 29.7 Å². The Balaban J connectivity index is 2.14. The lowest BCUT2D eigenvalue weighted by atomic mass is 10.5. The van der Waals surface area contributed by atoms with E-state index in [1.165, 1.54) is 6.33 Å². The van der Waals surface area contributed by atoms with Gasteiger partial charge in [0.25, 0.3) is 0 Å². The third-order valence-electron chi connectivity index (χ3n) is 1.88. The highest BCUT2D eigenvalue weighted by molar-refractivity contribution is 7.89. The molecule has 90 valence electrons. The zero-order chi connectivity index (χ0) is 12.3. The highest BCUT2D eigenvalue weighted by atomic mass is 32.2. The summed E-state index contributed by atoms with van der Waals surface area (Å²) in [6.07, 6.45) is 3.24. The monoisotopic (exact) mass is 257 g/mol. The minimum atomic E-state index is -3.80. The number of rotatable bonds is 4. The number of aromatic nitrogens is 4. The maximum atomic E-state index is 12.8. The minimum Gasteiger partial charge on any atom is -0.262 e. The van der Waals surface area contributed by atoms with Crippen molar-refractivity contribution < 1.29 is 12.8 Å². The van der Waals surface area contributed by atoms with Gasteiger partial charge in [-0.2, -0.15) is 5.10 Å². The molecule has 7 nitrogen and oxygen atoms in total. The van der Waals surface area contributed by atoms with Gasteiger partial charge in [-0.25, -0.2) is 22.5 Å². The van der Waals surface area contributed by atoms with Gasteiger partial charge >= 0.3 is 0 Å². The number of sulfonamides is 1. The molecule has 0 bridgehead atoms. The number of hydrogen-bond donors (Lipinski definition) is 2. The first-order valence-electron chi connectivity index (χ1n) is 4.52. The minimum absolute atomic E-state index is 0.0567. The lowest BCUT2D eigenvalue weighted by molar-refractivity contribution is 0.574. The molecule has 0 unspecified atom stereocenters. The van der Waals surface area contributed by atoms with Crippen LogP contribution in [0.5, 0.6) is 0 Å². The summed E-state index contributed by atoms with van der Waals surface area (Å²) in [4.78, 5) is 6.97. The van der Waals surface area contributed by atoms with E-state index in [0.29, 0.717) is 5.82 Å². The first-order valence-corrected chi connectivity index (χ1v) is 6.01. The normalized spacial score (nSPS) is 11.6. The Morgan fingerprint density at radius 2 is 2.24 bits per heavy atom. The van der Waals surface area contributed by atoms with Gasteiger partial charge in [-0.3, -0.25) is 10.1 Å². The van der Waals surface area contributed by atoms with Gasteiger partial charge in [0.2, 0.25) is 10.0 Å². The molecule has 2 heterocycles. The summed E-state index contributed by atoms with van der Waals surface area (Å²) in [5.41, 5.74) is 0. The molecule has 0 amide bonds. The van der Waals surface area contributed by atoms with E-state index in [4.69, 9.17) is 0 Å². The summed E-state index contributed by atoms with van der Waals surface area (Å²) < 4.78 is 38.5. The van der Waals surface area contributed by atoms with Gasteiger partial charge in [0.05, 0.1) is 12.7 Å². The molecule has 17 heavy (non-hydrogen) atoms. The topological polar surface area (TPSA) is 101 Å². The largest absolute Gasteiger partial charge is 0.262 e. The number of halogens is 1. The molecule has 0 fully saturated rings. The summed E-state index contributed by atoms with van der Waals surface area (Å²) in [5.74, 6) is -0.356. The number of hydrogen-bond acceptors (Lipinski definition) is 5. The third kappa shape index (κ3) is 2.82. The molecular formula is C8H8FN5O2S. The molecule has 0 atom stereocenters. The summed E-state index contributed by atoms with van der Waals surface area (Å²) in [5, 5.41) is 6.06. The van der Waals surface area contributed by atoms with Crippen molar-refractivity contribution >= 4 is 10.0 Å². The van der Waals surface area contributed by atoms with Crippen LogP contribution >= 0.6 is 0 Å². The molecule has 2 N–H and O–H groups in total. The second-order valence-corrected chi connectivity index (χ2v) is 4.86. The van der Waals surface area contributed by atoms with E-state index in [-0.39, 0.29) is 11.4 Å². The van der Waals surface area contributed by atoms with Gasteiger partial charge in [0.15, 0.2) is 0 Å². The number of aromatic amines is 1. The maximum absolute atomic E-state index is 12.8. The van der Waals surface area contributed by atoms with E-state index in [1.54, 1.807) is 0 Å². The standard InChI is InChI=1S/C8H8FN5O2S/c9-6-1-7(3-10-2-6)17(15,16)13-4-8-11-5-12-14-8/h1-3,5,13H,4H2,(H,11,12,14). The van der Waals surface area contributed by atoms with E-state index in [2.05, 4.69) is 24.9 Å². The number of pyridine rings is 1. The molecule has 2 rings (SSSR count). The fraction of sp³-hybridized carbons (Fsp3) is 0.125. The highest BCUT2D eigenvalue weighted by Crippen LogP contribution is 2.08. The SMILES string of the molecule is O=S(=O)(NCc1ncn[nH]1)c1cncc(F)c1. The van der Waals surface area contributed by atoms with Gasteiger partial charge in [0.1, 0.15) is 22.9 Å². The van der Waals surface area contributed by atoms with Crippen molar-refractivity contribution in [2.24, 2.45) is 0 Å². The van der Waals surface area contributed by atoms with Crippen LogP contribution in [0.2, 0.25) is 0 Å². The van der Waals surface area contributed by atoms with Crippen molar-refractivity contribution in [2.75, 3.05) is 0 Å². The first kappa shape index (κ1) is 11.6. The highest BCUT2D eigenvalue weighted by Gasteiger charge is 2.15. The Kier molecular flexibility index (Phi) is 3.11. The van der Waals surface area contributed by atoms with E-state index in [9.17, 15) is 12.8 Å². The van der Waals surface area contributed by atoms with Gasteiger partial charge < -0.3 is 0 Å². The molecule has 0 saturated carbocycles. The molecule has 0 aliphatic carbocycles. The van der Waals surface area contributed by atoms with Crippen LogP contribution in [-0.4, -0.2) is 28.6 Å². The van der Waals surface area contributed by atoms with E-state index in [0.717, 1.165) is 18.5 Å². The molecule has 0 saturated heterocycles. The van der Waals surface area contributed by atoms with Crippen LogP contribution in [0.1, 0.15) is 5.82 Å².